The van der Waals surface area contributed by atoms with Crippen molar-refractivity contribution in [2.75, 3.05) is 12.4 Å². The van der Waals surface area contributed by atoms with E-state index in [1.165, 1.54) is 14.0 Å². The largest absolute Gasteiger partial charge is 0.480 e. The van der Waals surface area contributed by atoms with E-state index in [0.717, 1.165) is 17.0 Å². The van der Waals surface area contributed by atoms with Crippen molar-refractivity contribution < 1.29 is 19.1 Å². The van der Waals surface area contributed by atoms with Gasteiger partial charge in [-0.3, -0.25) is 0 Å². The van der Waals surface area contributed by atoms with E-state index in [-0.39, 0.29) is 15.2 Å². The summed E-state index contributed by atoms with van der Waals surface area (Å²) >= 11 is 8.87. The van der Waals surface area contributed by atoms with Crippen molar-refractivity contribution in [1.29, 1.82) is 0 Å². The van der Waals surface area contributed by atoms with Crippen molar-refractivity contribution in [2.24, 2.45) is 0 Å². The van der Waals surface area contributed by atoms with E-state index < -0.39 is 23.9 Å². The van der Waals surface area contributed by atoms with Gasteiger partial charge in [0.25, 0.3) is 0 Å². The predicted molar refractivity (Wildman–Crippen MR) is 73.0 cm³/mol. The molecule has 0 heterocycles. The summed E-state index contributed by atoms with van der Waals surface area (Å²) in [5.41, 5.74) is 0.178. The van der Waals surface area contributed by atoms with Crippen molar-refractivity contribution in [1.82, 2.24) is 4.90 Å². The molecular weight excluding hydrogens is 342 g/mol. The summed E-state index contributed by atoms with van der Waals surface area (Å²) < 4.78 is 13.3. The molecule has 104 valence electrons. The quantitative estimate of drug-likeness (QED) is 0.877. The van der Waals surface area contributed by atoms with Crippen molar-refractivity contribution in [3.63, 3.8) is 0 Å². The number of nitrogens with one attached hydrogen (secondary N) is 1. The van der Waals surface area contributed by atoms with Crippen LogP contribution in [0.25, 0.3) is 0 Å². The number of urea groups is 1. The standard InChI is InChI=1S/C11H11BrClFN2O3/c1-5(10(17)18)16(2)11(19)15-9-7(12)3-6(14)4-8(9)13/h3-5H,1-2H3,(H,15,19)(H,17,18). The molecular formula is C11H11BrClFN2O3. The lowest BCUT2D eigenvalue weighted by Crippen LogP contribution is -2.42. The molecule has 5 nitrogen and oxygen atoms in total. The Bertz CT molecular complexity index is 504. The molecule has 0 saturated carbocycles. The van der Waals surface area contributed by atoms with Crippen LogP contribution in [0.3, 0.4) is 0 Å². The molecule has 2 N–H and O–H groups in total. The van der Waals surface area contributed by atoms with Crippen LogP contribution in [0.2, 0.25) is 5.02 Å². The highest BCUT2D eigenvalue weighted by atomic mass is 79.9. The number of carbonyl (C=O) groups excluding carboxylic acids is 1. The zero-order valence-electron chi connectivity index (χ0n) is 10.1. The molecule has 0 aliphatic carbocycles. The average molecular weight is 354 g/mol. The number of aliphatic carboxylic acids is 1. The van der Waals surface area contributed by atoms with E-state index in [4.69, 9.17) is 16.7 Å². The van der Waals surface area contributed by atoms with Gasteiger partial charge in [-0.2, -0.15) is 0 Å². The van der Waals surface area contributed by atoms with Gasteiger partial charge in [-0.05, 0) is 35.0 Å². The van der Waals surface area contributed by atoms with Crippen LogP contribution in [-0.2, 0) is 4.79 Å². The van der Waals surface area contributed by atoms with E-state index in [2.05, 4.69) is 21.2 Å². The van der Waals surface area contributed by atoms with Gasteiger partial charge in [0.15, 0.2) is 0 Å². The van der Waals surface area contributed by atoms with Gasteiger partial charge in [0.05, 0.1) is 10.7 Å². The van der Waals surface area contributed by atoms with Gasteiger partial charge in [-0.1, -0.05) is 11.6 Å². The van der Waals surface area contributed by atoms with Gasteiger partial charge >= 0.3 is 12.0 Å². The maximum absolute atomic E-state index is 13.0. The Morgan fingerprint density at radius 3 is 2.58 bits per heavy atom. The minimum atomic E-state index is -1.14. The van der Waals surface area contributed by atoms with Crippen LogP contribution in [0.1, 0.15) is 6.92 Å². The van der Waals surface area contributed by atoms with E-state index in [0.29, 0.717) is 0 Å². The number of carboxylic acid groups (broad SMARTS) is 1. The predicted octanol–water partition coefficient (Wildman–Crippen LogP) is 3.18. The fourth-order valence-electron chi connectivity index (χ4n) is 1.20. The second-order valence-corrected chi connectivity index (χ2v) is 5.06. The molecule has 0 aliphatic heterocycles. The van der Waals surface area contributed by atoms with Gasteiger partial charge in [0.2, 0.25) is 0 Å². The summed E-state index contributed by atoms with van der Waals surface area (Å²) in [6.07, 6.45) is 0. The summed E-state index contributed by atoms with van der Waals surface area (Å²) in [5.74, 6) is -1.69. The first-order valence-corrected chi connectivity index (χ1v) is 6.32. The number of carboxylic acids is 1. The van der Waals surface area contributed by atoms with E-state index in [1.54, 1.807) is 0 Å². The van der Waals surface area contributed by atoms with Gasteiger partial charge in [-0.25, -0.2) is 14.0 Å². The van der Waals surface area contributed by atoms with Crippen LogP contribution in [0, 0.1) is 5.82 Å². The Hall–Kier alpha value is -1.34. The van der Waals surface area contributed by atoms with E-state index in [9.17, 15) is 14.0 Å². The molecule has 0 aromatic heterocycles. The summed E-state index contributed by atoms with van der Waals surface area (Å²) in [6.45, 7) is 1.36. The molecule has 19 heavy (non-hydrogen) atoms. The Balaban J connectivity index is 2.92. The third kappa shape index (κ3) is 3.81. The SMILES string of the molecule is CC(C(=O)O)N(C)C(=O)Nc1c(Cl)cc(F)cc1Br. The Morgan fingerprint density at radius 1 is 1.53 bits per heavy atom. The molecule has 0 aliphatic rings. The monoisotopic (exact) mass is 352 g/mol. The number of hydrogen-bond donors (Lipinski definition) is 2. The van der Waals surface area contributed by atoms with Crippen molar-refractivity contribution >= 4 is 45.2 Å². The summed E-state index contributed by atoms with van der Waals surface area (Å²) in [6, 6.07) is 0.520. The lowest BCUT2D eigenvalue weighted by molar-refractivity contribution is -0.141. The van der Waals surface area contributed by atoms with Crippen LogP contribution in [0.5, 0.6) is 0 Å². The first kappa shape index (κ1) is 15.7. The van der Waals surface area contributed by atoms with Gasteiger partial charge in [0.1, 0.15) is 11.9 Å². The van der Waals surface area contributed by atoms with Gasteiger partial charge in [-0.15, -0.1) is 0 Å². The van der Waals surface area contributed by atoms with Crippen LogP contribution in [0.4, 0.5) is 14.9 Å². The molecule has 1 aromatic carbocycles. The number of halogens is 3. The zero-order chi connectivity index (χ0) is 14.7. The maximum Gasteiger partial charge on any atom is 0.326 e. The molecule has 0 bridgehead atoms. The minimum Gasteiger partial charge on any atom is -0.480 e. The fraction of sp³-hybridized carbons (Fsp3) is 0.273. The molecule has 1 unspecified atom stereocenters. The van der Waals surface area contributed by atoms with E-state index in [1.807, 2.05) is 0 Å². The molecule has 0 saturated heterocycles. The summed E-state index contributed by atoms with van der Waals surface area (Å²) in [4.78, 5) is 23.6. The highest BCUT2D eigenvalue weighted by Crippen LogP contribution is 2.31. The van der Waals surface area contributed by atoms with Crippen LogP contribution in [-0.4, -0.2) is 35.1 Å². The van der Waals surface area contributed by atoms with Crippen LogP contribution >= 0.6 is 27.5 Å². The Morgan fingerprint density at radius 2 is 2.11 bits per heavy atom. The van der Waals surface area contributed by atoms with Crippen LogP contribution in [0.15, 0.2) is 16.6 Å². The molecule has 0 radical (unpaired) electrons. The number of amides is 2. The molecule has 8 heteroatoms. The van der Waals surface area contributed by atoms with Crippen molar-refractivity contribution in [2.45, 2.75) is 13.0 Å². The highest BCUT2D eigenvalue weighted by molar-refractivity contribution is 9.10. The molecule has 1 rings (SSSR count). The molecule has 1 atom stereocenters. The molecule has 0 spiro atoms. The lowest BCUT2D eigenvalue weighted by atomic mass is 10.3. The topological polar surface area (TPSA) is 69.6 Å². The van der Waals surface area contributed by atoms with Crippen molar-refractivity contribution in [3.05, 3.63) is 27.4 Å². The number of likely N-dealkylation sites (N-methyl/N-ethyl adjacent to an activating group) is 1. The molecule has 0 fully saturated rings. The third-order valence-corrected chi connectivity index (χ3v) is 3.42. The first-order valence-electron chi connectivity index (χ1n) is 5.15. The minimum absolute atomic E-state index is 0.0107. The normalized spacial score (nSPS) is 11.8. The van der Waals surface area contributed by atoms with Gasteiger partial charge < -0.3 is 15.3 Å². The summed E-state index contributed by atoms with van der Waals surface area (Å²) in [5, 5.41) is 11.2. The second-order valence-electron chi connectivity index (χ2n) is 3.80. The number of anilines is 1. The number of hydrogen-bond acceptors (Lipinski definition) is 2. The average Bonchev–Trinajstić information content (AvgIpc) is 2.31. The number of rotatable bonds is 3. The third-order valence-electron chi connectivity index (χ3n) is 2.50. The second kappa shape index (κ2) is 6.21. The van der Waals surface area contributed by atoms with E-state index >= 15 is 0 Å². The zero-order valence-corrected chi connectivity index (χ0v) is 12.4. The van der Waals surface area contributed by atoms with Crippen molar-refractivity contribution in [3.8, 4) is 0 Å². The number of carbonyl (C=O) groups is 2. The Kier molecular flexibility index (Phi) is 5.13. The molecule has 1 aromatic rings. The summed E-state index contributed by atoms with van der Waals surface area (Å²) in [7, 11) is 1.33. The number of nitrogens with zero attached hydrogens (tertiary/aromatic N) is 1. The molecule has 2 amide bonds. The highest BCUT2D eigenvalue weighted by Gasteiger charge is 2.23. The maximum atomic E-state index is 13.0. The van der Waals surface area contributed by atoms with Gasteiger partial charge in [0, 0.05) is 11.5 Å². The fourth-order valence-corrected chi connectivity index (χ4v) is 2.10. The number of benzene rings is 1. The smallest absolute Gasteiger partial charge is 0.326 e. The first-order chi connectivity index (χ1) is 8.73. The lowest BCUT2D eigenvalue weighted by Gasteiger charge is -2.22. The Labute approximate surface area is 122 Å². The van der Waals surface area contributed by atoms with Crippen LogP contribution < -0.4 is 5.32 Å².